The highest BCUT2D eigenvalue weighted by Gasteiger charge is 2.36. The summed E-state index contributed by atoms with van der Waals surface area (Å²) in [5, 5.41) is 12.1. The van der Waals surface area contributed by atoms with Gasteiger partial charge in [0.05, 0.1) is 34.8 Å². The van der Waals surface area contributed by atoms with E-state index in [9.17, 15) is 29.2 Å². The van der Waals surface area contributed by atoms with Crippen LogP contribution in [0.3, 0.4) is 0 Å². The zero-order valence-corrected chi connectivity index (χ0v) is 38.4. The third-order valence-electron chi connectivity index (χ3n) is 11.7. The van der Waals surface area contributed by atoms with Gasteiger partial charge in [0.2, 0.25) is 11.8 Å². The number of hydrogen-bond donors (Lipinski definition) is 5. The van der Waals surface area contributed by atoms with E-state index in [2.05, 4.69) is 22.2 Å². The van der Waals surface area contributed by atoms with Crippen LogP contribution in [0.4, 0.5) is 5.69 Å². The first kappa shape index (κ1) is 50.5. The Morgan fingerprint density at radius 1 is 0.939 bits per heavy atom. The first-order chi connectivity index (χ1) is 31.7. The number of fused-ring (bicyclic) bond motifs is 5. The summed E-state index contributed by atoms with van der Waals surface area (Å²) in [4.78, 5) is 81.6. The third-order valence-corrected chi connectivity index (χ3v) is 11.7. The van der Waals surface area contributed by atoms with Crippen molar-refractivity contribution < 1.29 is 33.4 Å². The number of likely N-dealkylation sites (N-methyl/N-ethyl adjacent to an activating group) is 1. The van der Waals surface area contributed by atoms with Gasteiger partial charge in [-0.3, -0.25) is 33.9 Å². The number of nitrogens with two attached hydrogens (primary N) is 4. The quantitative estimate of drug-likeness (QED) is 0.0734. The van der Waals surface area contributed by atoms with Crippen LogP contribution in [0.5, 0.6) is 11.5 Å². The minimum Gasteiger partial charge on any atom is -0.492 e. The van der Waals surface area contributed by atoms with Gasteiger partial charge in [-0.05, 0) is 92.2 Å². The van der Waals surface area contributed by atoms with E-state index in [1.54, 1.807) is 50.2 Å². The molecule has 16 heteroatoms. The number of pyridine rings is 2. The number of ketones is 3. The molecular weight excluding hydrogens is 839 g/mol. The van der Waals surface area contributed by atoms with E-state index in [0.717, 1.165) is 24.8 Å². The third kappa shape index (κ3) is 12.6. The summed E-state index contributed by atoms with van der Waals surface area (Å²) in [6.07, 6.45) is 4.36. The zero-order chi connectivity index (χ0) is 47.9. The largest absolute Gasteiger partial charge is 0.492 e. The smallest absolute Gasteiger partial charge is 0.226 e. The number of nitrogen functional groups attached to an aromatic ring is 1. The lowest BCUT2D eigenvalue weighted by molar-refractivity contribution is -0.142. The number of amides is 2. The molecule has 2 amide bonds. The van der Waals surface area contributed by atoms with Gasteiger partial charge in [-0.15, -0.1) is 0 Å². The lowest BCUT2D eigenvalue weighted by Gasteiger charge is -2.32. The fraction of sp³-hybridized carbons (Fsp3) is 0.440. The van der Waals surface area contributed by atoms with E-state index in [1.807, 2.05) is 30.5 Å². The lowest BCUT2D eigenvalue weighted by atomic mass is 9.88. The van der Waals surface area contributed by atoms with E-state index in [0.29, 0.717) is 50.8 Å². The second-order valence-electron chi connectivity index (χ2n) is 16.8. The van der Waals surface area contributed by atoms with Gasteiger partial charge < -0.3 is 42.6 Å². The van der Waals surface area contributed by atoms with Crippen molar-refractivity contribution in [3.8, 4) is 40.1 Å². The SMILES string of the molecule is CCCCc1ccc(-c2cc(N)c(C(=O)C[C@@H](CCN)C(=O)N(C)[C@@H]3C(=O)C[C@@H](C)C(=O)N[C@H](C(=O)CCC#N)Cc4ccc(OCCN)c(c4)-c4cc3ccc4OCCN)c(C)n2)nc1. The predicted octanol–water partition coefficient (Wildman–Crippen LogP) is 4.97. The molecule has 0 fully saturated rings. The molecule has 0 aliphatic carbocycles. The Bertz CT molecular complexity index is 2390. The molecule has 0 saturated carbocycles. The summed E-state index contributed by atoms with van der Waals surface area (Å²) in [5.74, 6) is -3.36. The molecular formula is C50H63N9O7. The highest BCUT2D eigenvalue weighted by atomic mass is 16.5. The minimum absolute atomic E-state index is 0.0359. The van der Waals surface area contributed by atoms with Gasteiger partial charge in [0.25, 0.3) is 0 Å². The van der Waals surface area contributed by atoms with Crippen molar-refractivity contribution in [2.75, 3.05) is 45.6 Å². The molecule has 3 heterocycles. The number of carbonyl (C=O) groups excluding carboxylic acids is 5. The molecule has 1 aliphatic heterocycles. The fourth-order valence-corrected chi connectivity index (χ4v) is 8.26. The summed E-state index contributed by atoms with van der Waals surface area (Å²) >= 11 is 0. The Hall–Kier alpha value is -6.54. The maximum Gasteiger partial charge on any atom is 0.226 e. The number of nitrogens with zero attached hydrogens (tertiary/aromatic N) is 4. The second-order valence-corrected chi connectivity index (χ2v) is 16.8. The summed E-state index contributed by atoms with van der Waals surface area (Å²) < 4.78 is 12.2. The molecule has 9 N–H and O–H groups in total. The average molecular weight is 902 g/mol. The van der Waals surface area contributed by atoms with Crippen LogP contribution in [0.2, 0.25) is 0 Å². The van der Waals surface area contributed by atoms with Crippen LogP contribution in [0, 0.1) is 30.1 Å². The van der Waals surface area contributed by atoms with Crippen LogP contribution >= 0.6 is 0 Å². The predicted molar refractivity (Wildman–Crippen MR) is 252 cm³/mol. The van der Waals surface area contributed by atoms with E-state index in [4.69, 9.17) is 32.4 Å². The number of aryl methyl sites for hydroxylation is 2. The Balaban J connectivity index is 1.56. The zero-order valence-electron chi connectivity index (χ0n) is 38.4. The van der Waals surface area contributed by atoms with Crippen LogP contribution in [0.25, 0.3) is 22.5 Å². The standard InChI is InChI=1S/C50H63N9O7/c1-5-6-8-32-10-13-39(56-29-32)40-28-38(55)47(31(3)57-40)43(61)27-35(16-18-52)50(64)59(4)48-34-12-15-46(66-22-20-54)37(26-34)36-24-33(11-14-45(36)65-21-19-53)25-41(42(60)9-7-17-51)58-49(63)30(2)23-44(48)62/h10-15,24,26,28-30,35,41,48H,5-9,16,18-23,25,27,52-54H2,1-4H3,(H2,55,57)(H,58,63)/t30-,35-,41+,48+/m1/s1. The van der Waals surface area contributed by atoms with Gasteiger partial charge in [-0.25, -0.2) is 0 Å². The van der Waals surface area contributed by atoms with E-state index >= 15 is 0 Å². The molecule has 4 aromatic rings. The number of benzene rings is 2. The molecule has 0 spiro atoms. The molecule has 2 aromatic carbocycles. The lowest BCUT2D eigenvalue weighted by Crippen LogP contribution is -2.46. The van der Waals surface area contributed by atoms with Gasteiger partial charge >= 0.3 is 0 Å². The van der Waals surface area contributed by atoms with Crippen molar-refractivity contribution in [3.63, 3.8) is 0 Å². The van der Waals surface area contributed by atoms with Crippen molar-refractivity contribution in [1.82, 2.24) is 20.2 Å². The highest BCUT2D eigenvalue weighted by molar-refractivity contribution is 6.04. The highest BCUT2D eigenvalue weighted by Crippen LogP contribution is 2.41. The van der Waals surface area contributed by atoms with Gasteiger partial charge in [0, 0.05) is 80.7 Å². The first-order valence-electron chi connectivity index (χ1n) is 22.6. The van der Waals surface area contributed by atoms with E-state index in [1.165, 1.54) is 11.9 Å². The number of nitriles is 1. The normalized spacial score (nSPS) is 16.6. The van der Waals surface area contributed by atoms with Crippen LogP contribution in [0.15, 0.2) is 60.8 Å². The topological polar surface area (TPSA) is 273 Å². The number of nitrogens with one attached hydrogen (secondary N) is 1. The molecule has 2 aromatic heterocycles. The molecule has 16 nitrogen and oxygen atoms in total. The summed E-state index contributed by atoms with van der Waals surface area (Å²) in [6, 6.07) is 15.7. The number of unbranched alkanes of at least 4 members (excludes halogenated alkanes) is 1. The van der Waals surface area contributed by atoms with Gasteiger partial charge in [-0.2, -0.15) is 5.26 Å². The number of hydrogen-bond acceptors (Lipinski definition) is 14. The van der Waals surface area contributed by atoms with Crippen molar-refractivity contribution >= 4 is 34.9 Å². The number of carbonyl (C=O) groups is 5. The van der Waals surface area contributed by atoms with Crippen LogP contribution < -0.4 is 37.7 Å². The van der Waals surface area contributed by atoms with Crippen molar-refractivity contribution in [3.05, 3.63) is 88.7 Å². The molecule has 4 bridgehead atoms. The molecule has 1 aliphatic rings. The molecule has 0 unspecified atom stereocenters. The van der Waals surface area contributed by atoms with Gasteiger partial charge in [0.15, 0.2) is 17.3 Å². The number of aromatic nitrogens is 2. The number of Topliss-reactive ketones (excluding diaryl/α,β-unsaturated/α-hetero) is 3. The van der Waals surface area contributed by atoms with Crippen molar-refractivity contribution in [1.29, 1.82) is 5.26 Å². The van der Waals surface area contributed by atoms with Gasteiger partial charge in [-0.1, -0.05) is 38.5 Å². The molecule has 0 radical (unpaired) electrons. The molecule has 350 valence electrons. The Kier molecular flexibility index (Phi) is 18.4. The Morgan fingerprint density at radius 2 is 1.64 bits per heavy atom. The maximum absolute atomic E-state index is 14.8. The molecule has 66 heavy (non-hydrogen) atoms. The van der Waals surface area contributed by atoms with E-state index in [-0.39, 0.29) is 88.4 Å². The molecule has 5 rings (SSSR count). The Labute approximate surface area is 386 Å². The summed E-state index contributed by atoms with van der Waals surface area (Å²) in [7, 11) is 1.49. The van der Waals surface area contributed by atoms with Crippen LogP contribution in [0.1, 0.15) is 97.6 Å². The van der Waals surface area contributed by atoms with E-state index < -0.39 is 47.3 Å². The molecule has 4 atom stereocenters. The number of anilines is 1. The monoisotopic (exact) mass is 901 g/mol. The van der Waals surface area contributed by atoms with Crippen LogP contribution in [-0.2, 0) is 32.0 Å². The minimum atomic E-state index is -1.26. The van der Waals surface area contributed by atoms with Crippen molar-refractivity contribution in [2.24, 2.45) is 29.0 Å². The summed E-state index contributed by atoms with van der Waals surface area (Å²) in [5.41, 5.74) is 29.4. The average Bonchev–Trinajstić information content (AvgIpc) is 3.30. The number of ether oxygens (including phenoxy) is 2. The summed E-state index contributed by atoms with van der Waals surface area (Å²) in [6.45, 7) is 6.20. The maximum atomic E-state index is 14.8. The number of rotatable bonds is 20. The van der Waals surface area contributed by atoms with Crippen molar-refractivity contribution in [2.45, 2.75) is 90.6 Å². The Morgan fingerprint density at radius 3 is 2.26 bits per heavy atom. The fourth-order valence-electron chi connectivity index (χ4n) is 8.26. The van der Waals surface area contributed by atoms with Gasteiger partial charge in [0.1, 0.15) is 30.8 Å². The molecule has 0 saturated heterocycles. The second kappa shape index (κ2) is 24.1. The first-order valence-corrected chi connectivity index (χ1v) is 22.6. The van der Waals surface area contributed by atoms with Crippen LogP contribution in [-0.4, -0.2) is 90.0 Å².